The summed E-state index contributed by atoms with van der Waals surface area (Å²) in [6.07, 6.45) is 3.66. The summed E-state index contributed by atoms with van der Waals surface area (Å²) < 4.78 is 12.1. The molecular formula is C30H38ClN3O7. The summed E-state index contributed by atoms with van der Waals surface area (Å²) in [5.41, 5.74) is -0.815. The van der Waals surface area contributed by atoms with Gasteiger partial charge in [0.25, 0.3) is 5.91 Å². The van der Waals surface area contributed by atoms with Gasteiger partial charge in [-0.2, -0.15) is 0 Å². The number of aliphatic hydroxyl groups is 1. The zero-order chi connectivity index (χ0) is 29.9. The number of anilines is 1. The molecule has 0 saturated carbocycles. The van der Waals surface area contributed by atoms with Crippen LogP contribution in [-0.4, -0.2) is 83.3 Å². The highest BCUT2D eigenvalue weighted by molar-refractivity contribution is 6.34. The largest absolute Gasteiger partial charge is 0.460 e. The van der Waals surface area contributed by atoms with Crippen LogP contribution >= 0.6 is 11.6 Å². The SMILES string of the molecule is C=CCCC(=O)NC[C@H](C)OC(=O)[C@@H]1[C@H]2C(=O)N([C@H](C)CO)[C@H](C(=O)N(CC=C)c3ccccc3Cl)[C@]23CC[C@H]1O3. The average Bonchev–Trinajstić information content (AvgIpc) is 3.60. The summed E-state index contributed by atoms with van der Waals surface area (Å²) >= 11 is 6.46. The van der Waals surface area contributed by atoms with Crippen LogP contribution < -0.4 is 10.2 Å². The van der Waals surface area contributed by atoms with Crippen LogP contribution in [0.25, 0.3) is 0 Å². The van der Waals surface area contributed by atoms with Crippen LogP contribution in [0.4, 0.5) is 5.69 Å². The predicted octanol–water partition coefficient (Wildman–Crippen LogP) is 2.63. The molecule has 0 radical (unpaired) electrons. The van der Waals surface area contributed by atoms with E-state index >= 15 is 0 Å². The molecule has 11 heteroatoms. The number of allylic oxidation sites excluding steroid dienone is 1. The molecule has 1 aromatic rings. The van der Waals surface area contributed by atoms with Crippen LogP contribution in [0.1, 0.15) is 39.5 Å². The molecule has 1 aromatic carbocycles. The van der Waals surface area contributed by atoms with E-state index in [9.17, 15) is 24.3 Å². The standard InChI is InChI=1S/C30H38ClN3O7/c1-5-7-12-23(36)32-16-19(4)40-29(39)24-22-13-14-30(41-22)25(24)27(37)34(18(3)17-35)26(30)28(38)33(15-6-2)21-11-9-8-10-20(21)31/h5-6,8-11,18-19,22,24-26,35H,1-2,7,12-17H2,3-4H3,(H,32,36)/t18-,19+,22-,24+,25+,26-,30+/m1/s1. The highest BCUT2D eigenvalue weighted by atomic mass is 35.5. The van der Waals surface area contributed by atoms with Crippen molar-refractivity contribution in [3.8, 4) is 0 Å². The molecule has 10 nitrogen and oxygen atoms in total. The van der Waals surface area contributed by atoms with Crippen molar-refractivity contribution in [3.63, 3.8) is 0 Å². The number of carbonyl (C=O) groups excluding carboxylic acids is 4. The van der Waals surface area contributed by atoms with Crippen LogP contribution in [0.5, 0.6) is 0 Å². The lowest BCUT2D eigenvalue weighted by molar-refractivity contribution is -0.159. The number of nitrogens with zero attached hydrogens (tertiary/aromatic N) is 2. The molecule has 3 aliphatic rings. The molecule has 7 atom stereocenters. The number of hydrogen-bond donors (Lipinski definition) is 2. The van der Waals surface area contributed by atoms with Gasteiger partial charge in [0.2, 0.25) is 11.8 Å². The zero-order valence-corrected chi connectivity index (χ0v) is 24.2. The minimum Gasteiger partial charge on any atom is -0.460 e. The Kier molecular flexibility index (Phi) is 9.56. The maximum atomic E-state index is 14.4. The van der Waals surface area contributed by atoms with Gasteiger partial charge in [0.05, 0.1) is 47.8 Å². The molecule has 3 fully saturated rings. The molecular weight excluding hydrogens is 550 g/mol. The number of fused-ring (bicyclic) bond motifs is 1. The van der Waals surface area contributed by atoms with Gasteiger partial charge in [-0.15, -0.1) is 13.2 Å². The summed E-state index contributed by atoms with van der Waals surface area (Å²) in [5.74, 6) is -3.53. The van der Waals surface area contributed by atoms with E-state index < -0.39 is 59.5 Å². The van der Waals surface area contributed by atoms with Gasteiger partial charge in [0.1, 0.15) is 17.7 Å². The molecule has 1 spiro atoms. The van der Waals surface area contributed by atoms with Gasteiger partial charge in [-0.25, -0.2) is 0 Å². The van der Waals surface area contributed by atoms with Crippen molar-refractivity contribution in [2.75, 3.05) is 24.6 Å². The summed E-state index contributed by atoms with van der Waals surface area (Å²) in [5, 5.41) is 13.2. The quantitative estimate of drug-likeness (QED) is 0.268. The second-order valence-electron chi connectivity index (χ2n) is 10.9. The summed E-state index contributed by atoms with van der Waals surface area (Å²) in [6.45, 7) is 10.6. The number of aliphatic hydroxyl groups excluding tert-OH is 1. The molecule has 4 rings (SSSR count). The molecule has 3 amide bonds. The van der Waals surface area contributed by atoms with Gasteiger partial charge in [0, 0.05) is 13.0 Å². The third-order valence-corrected chi connectivity index (χ3v) is 8.50. The Morgan fingerprint density at radius 3 is 2.68 bits per heavy atom. The van der Waals surface area contributed by atoms with Crippen molar-refractivity contribution >= 4 is 41.0 Å². The summed E-state index contributed by atoms with van der Waals surface area (Å²) in [4.78, 5) is 56.7. The van der Waals surface area contributed by atoms with Crippen molar-refractivity contribution in [1.29, 1.82) is 0 Å². The van der Waals surface area contributed by atoms with Crippen LogP contribution in [0.15, 0.2) is 49.6 Å². The van der Waals surface area contributed by atoms with Crippen LogP contribution in [0.2, 0.25) is 5.02 Å². The van der Waals surface area contributed by atoms with E-state index in [0.29, 0.717) is 30.0 Å². The minimum atomic E-state index is -1.27. The average molecular weight is 588 g/mol. The first-order valence-corrected chi connectivity index (χ1v) is 14.3. The fourth-order valence-corrected chi connectivity index (χ4v) is 6.59. The molecule has 3 aliphatic heterocycles. The Morgan fingerprint density at radius 1 is 1.29 bits per heavy atom. The van der Waals surface area contributed by atoms with Crippen molar-refractivity contribution in [1.82, 2.24) is 10.2 Å². The van der Waals surface area contributed by atoms with E-state index in [0.717, 1.165) is 0 Å². The molecule has 41 heavy (non-hydrogen) atoms. The van der Waals surface area contributed by atoms with Crippen LogP contribution in [0, 0.1) is 11.8 Å². The predicted molar refractivity (Wildman–Crippen MR) is 153 cm³/mol. The second-order valence-corrected chi connectivity index (χ2v) is 11.3. The van der Waals surface area contributed by atoms with E-state index in [1.807, 2.05) is 0 Å². The minimum absolute atomic E-state index is 0.118. The molecule has 2 N–H and O–H groups in total. The fraction of sp³-hybridized carbons (Fsp3) is 0.533. The number of nitrogens with one attached hydrogen (secondary N) is 1. The molecule has 222 valence electrons. The van der Waals surface area contributed by atoms with Crippen molar-refractivity contribution in [3.05, 3.63) is 54.6 Å². The third-order valence-electron chi connectivity index (χ3n) is 8.18. The molecule has 3 heterocycles. The molecule has 2 bridgehead atoms. The monoisotopic (exact) mass is 587 g/mol. The van der Waals surface area contributed by atoms with Crippen LogP contribution in [0.3, 0.4) is 0 Å². The first-order chi connectivity index (χ1) is 19.6. The number of para-hydroxylation sites is 1. The number of rotatable bonds is 13. The molecule has 0 aromatic heterocycles. The van der Waals surface area contributed by atoms with E-state index in [1.165, 1.54) is 9.80 Å². The maximum Gasteiger partial charge on any atom is 0.312 e. The Bertz CT molecular complexity index is 1210. The highest BCUT2D eigenvalue weighted by Gasteiger charge is 2.75. The normalized spacial score (nSPS) is 27.6. The van der Waals surface area contributed by atoms with Gasteiger partial charge >= 0.3 is 5.97 Å². The Balaban J connectivity index is 1.62. The smallest absolute Gasteiger partial charge is 0.312 e. The van der Waals surface area contributed by atoms with Gasteiger partial charge in [-0.3, -0.25) is 19.2 Å². The number of benzene rings is 1. The Morgan fingerprint density at radius 2 is 2.02 bits per heavy atom. The van der Waals surface area contributed by atoms with Crippen LogP contribution in [-0.2, 0) is 28.7 Å². The maximum absolute atomic E-state index is 14.4. The second kappa shape index (κ2) is 12.8. The van der Waals surface area contributed by atoms with Gasteiger partial charge < -0.3 is 29.7 Å². The van der Waals surface area contributed by atoms with E-state index in [-0.39, 0.29) is 32.0 Å². The Labute approximate surface area is 245 Å². The first kappa shape index (κ1) is 30.7. The van der Waals surface area contributed by atoms with E-state index in [1.54, 1.807) is 50.3 Å². The number of halogens is 1. The van der Waals surface area contributed by atoms with Gasteiger partial charge in [0.15, 0.2) is 0 Å². The number of likely N-dealkylation sites (tertiary alicyclic amines) is 1. The van der Waals surface area contributed by atoms with E-state index in [4.69, 9.17) is 21.1 Å². The summed E-state index contributed by atoms with van der Waals surface area (Å²) in [7, 11) is 0. The Hall–Kier alpha value is -3.21. The molecule has 3 saturated heterocycles. The van der Waals surface area contributed by atoms with Crippen molar-refractivity contribution in [2.45, 2.75) is 69.4 Å². The number of carbonyl (C=O) groups is 4. The van der Waals surface area contributed by atoms with Crippen molar-refractivity contribution in [2.24, 2.45) is 11.8 Å². The van der Waals surface area contributed by atoms with Crippen molar-refractivity contribution < 1.29 is 33.8 Å². The number of hydrogen-bond acceptors (Lipinski definition) is 7. The number of esters is 1. The van der Waals surface area contributed by atoms with Gasteiger partial charge in [-0.1, -0.05) is 35.9 Å². The molecule has 0 unspecified atom stereocenters. The lowest BCUT2D eigenvalue weighted by atomic mass is 9.70. The number of amides is 3. The van der Waals surface area contributed by atoms with E-state index in [2.05, 4.69) is 18.5 Å². The number of ether oxygens (including phenoxy) is 2. The molecule has 0 aliphatic carbocycles. The fourth-order valence-electron chi connectivity index (χ4n) is 6.35. The van der Waals surface area contributed by atoms with Gasteiger partial charge in [-0.05, 0) is 45.2 Å². The third kappa shape index (κ3) is 5.65. The lowest BCUT2D eigenvalue weighted by Gasteiger charge is -2.38. The zero-order valence-electron chi connectivity index (χ0n) is 23.5. The first-order valence-electron chi connectivity index (χ1n) is 14.0. The lowest BCUT2D eigenvalue weighted by Crippen LogP contribution is -2.58. The highest BCUT2D eigenvalue weighted by Crippen LogP contribution is 2.59. The topological polar surface area (TPSA) is 125 Å². The summed E-state index contributed by atoms with van der Waals surface area (Å²) in [6, 6.07) is 5.08.